The molecule has 5 nitrogen and oxygen atoms in total. The van der Waals surface area contributed by atoms with E-state index in [4.69, 9.17) is 4.74 Å². The molecule has 2 aromatic rings. The fraction of sp³-hybridized carbons (Fsp3) is 0.235. The number of carbonyl (C=O) groups is 1. The monoisotopic (exact) mass is 376 g/mol. The molecule has 1 saturated heterocycles. The van der Waals surface area contributed by atoms with Gasteiger partial charge in [-0.2, -0.15) is 0 Å². The van der Waals surface area contributed by atoms with Crippen LogP contribution in [0.4, 0.5) is 0 Å². The van der Waals surface area contributed by atoms with Gasteiger partial charge in [-0.3, -0.25) is 9.69 Å². The fourth-order valence-corrected chi connectivity index (χ4v) is 3.00. The third-order valence-electron chi connectivity index (χ3n) is 3.85. The molecule has 1 aliphatic rings. The highest BCUT2D eigenvalue weighted by atomic mass is 79.9. The van der Waals surface area contributed by atoms with Gasteiger partial charge in [-0.05, 0) is 23.8 Å². The number of amides is 1. The van der Waals surface area contributed by atoms with Crippen molar-refractivity contribution in [1.29, 1.82) is 0 Å². The molecule has 120 valence electrons. The molecule has 0 radical (unpaired) electrons. The van der Waals surface area contributed by atoms with Crippen LogP contribution in [0.3, 0.4) is 0 Å². The van der Waals surface area contributed by atoms with Crippen molar-refractivity contribution in [2.75, 3.05) is 13.7 Å². The number of aromatic hydroxyl groups is 1. The highest BCUT2D eigenvalue weighted by Gasteiger charge is 2.33. The summed E-state index contributed by atoms with van der Waals surface area (Å²) < 4.78 is 6.17. The summed E-state index contributed by atoms with van der Waals surface area (Å²) in [6.45, 7) is 0.894. The van der Waals surface area contributed by atoms with Gasteiger partial charge in [-0.25, -0.2) is 0 Å². The second-order valence-electron chi connectivity index (χ2n) is 5.40. The van der Waals surface area contributed by atoms with E-state index in [0.29, 0.717) is 17.9 Å². The van der Waals surface area contributed by atoms with Crippen molar-refractivity contribution in [3.63, 3.8) is 0 Å². The smallest absolute Gasteiger partial charge is 0.235 e. The molecule has 1 fully saturated rings. The Morgan fingerprint density at radius 1 is 1.30 bits per heavy atom. The van der Waals surface area contributed by atoms with Crippen LogP contribution >= 0.6 is 15.9 Å². The molecule has 0 aliphatic carbocycles. The molecule has 0 aromatic heterocycles. The highest BCUT2D eigenvalue weighted by Crippen LogP contribution is 2.36. The fourth-order valence-electron chi connectivity index (χ4n) is 2.74. The predicted octanol–water partition coefficient (Wildman–Crippen LogP) is 2.79. The lowest BCUT2D eigenvalue weighted by atomic mass is 10.1. The van der Waals surface area contributed by atoms with Crippen molar-refractivity contribution in [2.45, 2.75) is 12.7 Å². The van der Waals surface area contributed by atoms with E-state index in [2.05, 4.69) is 21.2 Å². The van der Waals surface area contributed by atoms with E-state index in [1.807, 2.05) is 29.2 Å². The molecule has 0 saturated carbocycles. The number of nitrogens with zero attached hydrogens (tertiary/aromatic N) is 1. The van der Waals surface area contributed by atoms with E-state index in [1.165, 1.54) is 7.11 Å². The Morgan fingerprint density at radius 2 is 2.04 bits per heavy atom. The number of hydrogen-bond acceptors (Lipinski definition) is 4. The topological polar surface area (TPSA) is 61.8 Å². The van der Waals surface area contributed by atoms with Gasteiger partial charge < -0.3 is 15.2 Å². The molecular weight excluding hydrogens is 360 g/mol. The molecule has 0 bridgehead atoms. The van der Waals surface area contributed by atoms with Gasteiger partial charge in [0.15, 0.2) is 11.5 Å². The van der Waals surface area contributed by atoms with Crippen molar-refractivity contribution in [3.05, 3.63) is 58.1 Å². The first-order valence-corrected chi connectivity index (χ1v) is 8.01. The average Bonchev–Trinajstić information content (AvgIpc) is 2.90. The molecule has 6 heteroatoms. The van der Waals surface area contributed by atoms with Gasteiger partial charge in [-0.15, -0.1) is 0 Å². The van der Waals surface area contributed by atoms with Gasteiger partial charge in [-0.1, -0.05) is 40.2 Å². The maximum absolute atomic E-state index is 11.9. The van der Waals surface area contributed by atoms with Crippen LogP contribution in [0.2, 0.25) is 0 Å². The third-order valence-corrected chi connectivity index (χ3v) is 4.38. The summed E-state index contributed by atoms with van der Waals surface area (Å²) in [5.74, 6) is 0.393. The Balaban J connectivity index is 1.88. The SMILES string of the molecule is COc1cccc([C@H]2NC(=O)CN2Cc2ccc(Br)cc2)c1O. The summed E-state index contributed by atoms with van der Waals surface area (Å²) in [4.78, 5) is 13.9. The minimum Gasteiger partial charge on any atom is -0.504 e. The minimum absolute atomic E-state index is 0.0583. The molecule has 0 unspecified atom stereocenters. The summed E-state index contributed by atoms with van der Waals surface area (Å²) in [5, 5.41) is 13.3. The van der Waals surface area contributed by atoms with Crippen LogP contribution in [0.25, 0.3) is 0 Å². The standard InChI is InChI=1S/C17H17BrN2O3/c1-23-14-4-2-3-13(16(14)22)17-19-15(21)10-20(17)9-11-5-7-12(18)8-6-11/h2-8,17,22H,9-10H2,1H3,(H,19,21)/t17-/m0/s1. The number of hydrogen-bond donors (Lipinski definition) is 2. The number of nitrogens with one attached hydrogen (secondary N) is 1. The minimum atomic E-state index is -0.374. The van der Waals surface area contributed by atoms with Gasteiger partial charge in [0.2, 0.25) is 5.91 Å². The molecule has 1 aliphatic heterocycles. The number of para-hydroxylation sites is 1. The van der Waals surface area contributed by atoms with E-state index >= 15 is 0 Å². The first-order valence-electron chi connectivity index (χ1n) is 7.22. The van der Waals surface area contributed by atoms with E-state index in [-0.39, 0.29) is 24.4 Å². The van der Waals surface area contributed by atoms with Crippen molar-refractivity contribution in [2.24, 2.45) is 0 Å². The van der Waals surface area contributed by atoms with E-state index in [1.54, 1.807) is 18.2 Å². The maximum atomic E-state index is 11.9. The Bertz CT molecular complexity index is 718. The lowest BCUT2D eigenvalue weighted by Gasteiger charge is -2.24. The number of halogens is 1. The lowest BCUT2D eigenvalue weighted by Crippen LogP contribution is -2.27. The highest BCUT2D eigenvalue weighted by molar-refractivity contribution is 9.10. The normalized spacial score (nSPS) is 18.0. The van der Waals surface area contributed by atoms with Crippen molar-refractivity contribution in [1.82, 2.24) is 10.2 Å². The van der Waals surface area contributed by atoms with E-state index in [0.717, 1.165) is 10.0 Å². The van der Waals surface area contributed by atoms with Crippen LogP contribution in [0.15, 0.2) is 46.9 Å². The summed E-state index contributed by atoms with van der Waals surface area (Å²) in [5.41, 5.74) is 1.73. The summed E-state index contributed by atoms with van der Waals surface area (Å²) in [6.07, 6.45) is -0.374. The molecule has 1 atom stereocenters. The second kappa shape index (κ2) is 6.60. The van der Waals surface area contributed by atoms with Crippen LogP contribution in [-0.4, -0.2) is 29.6 Å². The van der Waals surface area contributed by atoms with Crippen LogP contribution in [0.5, 0.6) is 11.5 Å². The molecule has 23 heavy (non-hydrogen) atoms. The van der Waals surface area contributed by atoms with E-state index in [9.17, 15) is 9.90 Å². The van der Waals surface area contributed by atoms with Crippen LogP contribution in [0.1, 0.15) is 17.3 Å². The predicted molar refractivity (Wildman–Crippen MR) is 90.1 cm³/mol. The summed E-state index contributed by atoms with van der Waals surface area (Å²) >= 11 is 3.41. The van der Waals surface area contributed by atoms with Gasteiger partial charge in [0.05, 0.1) is 13.7 Å². The van der Waals surface area contributed by atoms with Gasteiger partial charge in [0, 0.05) is 16.6 Å². The summed E-state index contributed by atoms with van der Waals surface area (Å²) in [6, 6.07) is 13.2. The van der Waals surface area contributed by atoms with Crippen LogP contribution in [-0.2, 0) is 11.3 Å². The number of methoxy groups -OCH3 is 1. The van der Waals surface area contributed by atoms with E-state index < -0.39 is 0 Å². The lowest BCUT2D eigenvalue weighted by molar-refractivity contribution is -0.118. The summed E-state index contributed by atoms with van der Waals surface area (Å²) in [7, 11) is 1.51. The first-order chi connectivity index (χ1) is 11.1. The molecule has 2 aromatic carbocycles. The zero-order valence-corrected chi connectivity index (χ0v) is 14.2. The zero-order valence-electron chi connectivity index (χ0n) is 12.6. The molecule has 1 heterocycles. The second-order valence-corrected chi connectivity index (χ2v) is 6.32. The van der Waals surface area contributed by atoms with Crippen molar-refractivity contribution in [3.8, 4) is 11.5 Å². The van der Waals surface area contributed by atoms with Crippen molar-refractivity contribution >= 4 is 21.8 Å². The number of carbonyl (C=O) groups excluding carboxylic acids is 1. The largest absolute Gasteiger partial charge is 0.504 e. The first kappa shape index (κ1) is 15.8. The molecule has 3 rings (SSSR count). The number of benzene rings is 2. The molecule has 2 N–H and O–H groups in total. The number of phenolic OH excluding ortho intramolecular Hbond substituents is 1. The van der Waals surface area contributed by atoms with Crippen LogP contribution < -0.4 is 10.1 Å². The number of phenols is 1. The maximum Gasteiger partial charge on any atom is 0.235 e. The third kappa shape index (κ3) is 3.33. The van der Waals surface area contributed by atoms with Crippen molar-refractivity contribution < 1.29 is 14.6 Å². The Hall–Kier alpha value is -2.05. The molecule has 1 amide bonds. The molecule has 0 spiro atoms. The molecular formula is C17H17BrN2O3. The van der Waals surface area contributed by atoms with Gasteiger partial charge in [0.1, 0.15) is 6.17 Å². The average molecular weight is 377 g/mol. The zero-order chi connectivity index (χ0) is 16.4. The number of ether oxygens (including phenoxy) is 1. The van der Waals surface area contributed by atoms with Crippen LogP contribution in [0, 0.1) is 0 Å². The van der Waals surface area contributed by atoms with Gasteiger partial charge >= 0.3 is 0 Å². The Labute approximate surface area is 143 Å². The number of rotatable bonds is 4. The van der Waals surface area contributed by atoms with Gasteiger partial charge in [0.25, 0.3) is 0 Å². The Kier molecular flexibility index (Phi) is 4.54. The Morgan fingerprint density at radius 3 is 2.74 bits per heavy atom. The quantitative estimate of drug-likeness (QED) is 0.860.